The highest BCUT2D eigenvalue weighted by atomic mass is 35.5. The summed E-state index contributed by atoms with van der Waals surface area (Å²) in [6, 6.07) is 12.2. The predicted octanol–water partition coefficient (Wildman–Crippen LogP) is 3.41. The second-order valence-electron chi connectivity index (χ2n) is 4.85. The lowest BCUT2D eigenvalue weighted by Crippen LogP contribution is -2.28. The number of esters is 1. The van der Waals surface area contributed by atoms with E-state index in [2.05, 4.69) is 10.1 Å². The Kier molecular flexibility index (Phi) is 6.71. The summed E-state index contributed by atoms with van der Waals surface area (Å²) in [7, 11) is 0. The number of carbonyl (C=O) groups excluding carboxylic acids is 2. The SMILES string of the molecule is O=C(COC(=O)c1ccccc1OC(F)F)NCc1ccc(Cl)cc1. The Labute approximate surface area is 147 Å². The maximum atomic E-state index is 12.3. The van der Waals surface area contributed by atoms with Crippen molar-refractivity contribution in [3.63, 3.8) is 0 Å². The number of carbonyl (C=O) groups is 2. The summed E-state index contributed by atoms with van der Waals surface area (Å²) in [5.41, 5.74) is 0.632. The molecule has 2 aromatic rings. The number of amides is 1. The topological polar surface area (TPSA) is 64.6 Å². The van der Waals surface area contributed by atoms with E-state index in [1.807, 2.05) is 0 Å². The first-order valence-electron chi connectivity index (χ1n) is 7.18. The van der Waals surface area contributed by atoms with Crippen LogP contribution in [0.3, 0.4) is 0 Å². The standard InChI is InChI=1S/C17H14ClF2NO4/c18-12-7-5-11(6-8-12)9-21-15(22)10-24-16(23)13-3-1-2-4-14(13)25-17(19)20/h1-8,17H,9-10H2,(H,21,22). The molecule has 2 rings (SSSR count). The summed E-state index contributed by atoms with van der Waals surface area (Å²) in [5.74, 6) is -1.78. The van der Waals surface area contributed by atoms with Crippen LogP contribution >= 0.6 is 11.6 Å². The molecule has 0 bridgehead atoms. The molecule has 1 N–H and O–H groups in total. The number of alkyl halides is 2. The van der Waals surface area contributed by atoms with Crippen LogP contribution in [0.1, 0.15) is 15.9 Å². The molecule has 0 aromatic heterocycles. The lowest BCUT2D eigenvalue weighted by Gasteiger charge is -2.10. The van der Waals surface area contributed by atoms with Gasteiger partial charge in [-0.15, -0.1) is 0 Å². The average Bonchev–Trinajstić information content (AvgIpc) is 2.59. The van der Waals surface area contributed by atoms with Gasteiger partial charge >= 0.3 is 12.6 Å². The first-order chi connectivity index (χ1) is 12.0. The molecule has 5 nitrogen and oxygen atoms in total. The van der Waals surface area contributed by atoms with Crippen LogP contribution < -0.4 is 10.1 Å². The Bertz CT molecular complexity index is 738. The molecule has 1 amide bonds. The molecule has 0 aliphatic rings. The number of para-hydroxylation sites is 1. The molecule has 0 radical (unpaired) electrons. The number of benzene rings is 2. The molecule has 0 spiro atoms. The van der Waals surface area contributed by atoms with E-state index in [1.165, 1.54) is 24.3 Å². The third-order valence-corrected chi connectivity index (χ3v) is 3.31. The van der Waals surface area contributed by atoms with E-state index in [1.54, 1.807) is 24.3 Å². The van der Waals surface area contributed by atoms with Crippen LogP contribution in [0.25, 0.3) is 0 Å². The summed E-state index contributed by atoms with van der Waals surface area (Å²) in [6.45, 7) is -3.38. The van der Waals surface area contributed by atoms with E-state index in [4.69, 9.17) is 16.3 Å². The second kappa shape index (κ2) is 8.98. The number of hydrogen-bond donors (Lipinski definition) is 1. The van der Waals surface area contributed by atoms with Crippen molar-refractivity contribution in [3.8, 4) is 5.75 Å². The molecule has 0 aliphatic heterocycles. The molecule has 0 unspecified atom stereocenters. The first kappa shape index (κ1) is 18.7. The quantitative estimate of drug-likeness (QED) is 0.760. The number of halogens is 3. The number of nitrogens with one attached hydrogen (secondary N) is 1. The van der Waals surface area contributed by atoms with Gasteiger partial charge in [-0.3, -0.25) is 4.79 Å². The third-order valence-electron chi connectivity index (χ3n) is 3.06. The maximum absolute atomic E-state index is 12.3. The van der Waals surface area contributed by atoms with Crippen LogP contribution in [0.15, 0.2) is 48.5 Å². The minimum Gasteiger partial charge on any atom is -0.452 e. The third kappa shape index (κ3) is 6.04. The highest BCUT2D eigenvalue weighted by Gasteiger charge is 2.17. The van der Waals surface area contributed by atoms with E-state index >= 15 is 0 Å². The highest BCUT2D eigenvalue weighted by molar-refractivity contribution is 6.30. The van der Waals surface area contributed by atoms with Crippen molar-refractivity contribution in [1.82, 2.24) is 5.32 Å². The van der Waals surface area contributed by atoms with Gasteiger partial charge in [0.1, 0.15) is 11.3 Å². The van der Waals surface area contributed by atoms with E-state index < -0.39 is 25.1 Å². The second-order valence-corrected chi connectivity index (χ2v) is 5.29. The van der Waals surface area contributed by atoms with Gasteiger partial charge in [-0.1, -0.05) is 35.9 Å². The summed E-state index contributed by atoms with van der Waals surface area (Å²) in [5, 5.41) is 3.14. The van der Waals surface area contributed by atoms with Crippen molar-refractivity contribution < 1.29 is 27.8 Å². The molecule has 0 aliphatic carbocycles. The fourth-order valence-corrected chi connectivity index (χ4v) is 2.02. The Morgan fingerprint density at radius 3 is 2.44 bits per heavy atom. The zero-order valence-corrected chi connectivity index (χ0v) is 13.6. The van der Waals surface area contributed by atoms with Crippen LogP contribution in [0.4, 0.5) is 8.78 Å². The maximum Gasteiger partial charge on any atom is 0.387 e. The van der Waals surface area contributed by atoms with Gasteiger partial charge in [0.25, 0.3) is 5.91 Å². The molecule has 0 heterocycles. The van der Waals surface area contributed by atoms with Gasteiger partial charge in [0, 0.05) is 11.6 Å². The molecule has 8 heteroatoms. The van der Waals surface area contributed by atoms with Gasteiger partial charge < -0.3 is 14.8 Å². The van der Waals surface area contributed by atoms with Crippen LogP contribution in [-0.2, 0) is 16.1 Å². The molecule has 0 atom stereocenters. The van der Waals surface area contributed by atoms with E-state index in [0.29, 0.717) is 5.02 Å². The number of rotatable bonds is 7. The average molecular weight is 370 g/mol. The highest BCUT2D eigenvalue weighted by Crippen LogP contribution is 2.21. The fourth-order valence-electron chi connectivity index (χ4n) is 1.90. The lowest BCUT2D eigenvalue weighted by atomic mass is 10.2. The number of hydrogen-bond acceptors (Lipinski definition) is 4. The van der Waals surface area contributed by atoms with Crippen molar-refractivity contribution >= 4 is 23.5 Å². The van der Waals surface area contributed by atoms with Gasteiger partial charge in [0.05, 0.1) is 0 Å². The fraction of sp³-hybridized carbons (Fsp3) is 0.176. The van der Waals surface area contributed by atoms with Gasteiger partial charge in [0.2, 0.25) is 0 Å². The first-order valence-corrected chi connectivity index (χ1v) is 7.55. The van der Waals surface area contributed by atoms with Gasteiger partial charge in [0.15, 0.2) is 6.61 Å². The molecule has 0 saturated heterocycles. The molecule has 25 heavy (non-hydrogen) atoms. The molecule has 132 valence electrons. The molecule has 0 saturated carbocycles. The van der Waals surface area contributed by atoms with Gasteiger partial charge in [-0.05, 0) is 29.8 Å². The largest absolute Gasteiger partial charge is 0.452 e. The Hall–Kier alpha value is -2.67. The predicted molar refractivity (Wildman–Crippen MR) is 86.7 cm³/mol. The van der Waals surface area contributed by atoms with Crippen molar-refractivity contribution in [2.45, 2.75) is 13.2 Å². The Morgan fingerprint density at radius 1 is 1.08 bits per heavy atom. The smallest absolute Gasteiger partial charge is 0.387 e. The van der Waals surface area contributed by atoms with Gasteiger partial charge in [-0.2, -0.15) is 8.78 Å². The minimum atomic E-state index is -3.07. The zero-order chi connectivity index (χ0) is 18.2. The minimum absolute atomic E-state index is 0.187. The van der Waals surface area contributed by atoms with E-state index in [0.717, 1.165) is 5.56 Å². The van der Waals surface area contributed by atoms with Crippen molar-refractivity contribution in [2.24, 2.45) is 0 Å². The zero-order valence-electron chi connectivity index (χ0n) is 12.9. The summed E-state index contributed by atoms with van der Waals surface area (Å²) >= 11 is 5.76. The Morgan fingerprint density at radius 2 is 1.76 bits per heavy atom. The summed E-state index contributed by atoms with van der Waals surface area (Å²) in [6.07, 6.45) is 0. The van der Waals surface area contributed by atoms with Crippen LogP contribution in [0.5, 0.6) is 5.75 Å². The Balaban J connectivity index is 1.85. The molecular weight excluding hydrogens is 356 g/mol. The lowest BCUT2D eigenvalue weighted by molar-refractivity contribution is -0.124. The molecular formula is C17H14ClF2NO4. The monoisotopic (exact) mass is 369 g/mol. The van der Waals surface area contributed by atoms with Crippen LogP contribution in [0.2, 0.25) is 5.02 Å². The van der Waals surface area contributed by atoms with Crippen LogP contribution in [-0.4, -0.2) is 25.1 Å². The van der Waals surface area contributed by atoms with E-state index in [-0.39, 0.29) is 17.9 Å². The van der Waals surface area contributed by atoms with Crippen molar-refractivity contribution in [1.29, 1.82) is 0 Å². The van der Waals surface area contributed by atoms with Crippen molar-refractivity contribution in [2.75, 3.05) is 6.61 Å². The summed E-state index contributed by atoms with van der Waals surface area (Å²) in [4.78, 5) is 23.6. The number of ether oxygens (including phenoxy) is 2. The van der Waals surface area contributed by atoms with Crippen LogP contribution in [0, 0.1) is 0 Å². The van der Waals surface area contributed by atoms with E-state index in [9.17, 15) is 18.4 Å². The molecule has 0 fully saturated rings. The normalized spacial score (nSPS) is 10.4. The summed E-state index contributed by atoms with van der Waals surface area (Å²) < 4.78 is 33.7. The van der Waals surface area contributed by atoms with Gasteiger partial charge in [-0.25, -0.2) is 4.79 Å². The van der Waals surface area contributed by atoms with Crippen molar-refractivity contribution in [3.05, 3.63) is 64.7 Å². The molecule has 2 aromatic carbocycles.